The Kier molecular flexibility index (Phi) is 5.88. The number of thioether (sulfide) groups is 1. The van der Waals surface area contributed by atoms with E-state index in [1.165, 1.54) is 5.56 Å². The number of amides is 1. The van der Waals surface area contributed by atoms with Crippen molar-refractivity contribution in [2.24, 2.45) is 0 Å². The minimum atomic E-state index is -0.0206. The van der Waals surface area contributed by atoms with Crippen molar-refractivity contribution in [2.45, 2.75) is 42.1 Å². The van der Waals surface area contributed by atoms with Crippen LogP contribution in [-0.4, -0.2) is 30.1 Å². The minimum absolute atomic E-state index is 0.0206. The molecule has 1 aliphatic carbocycles. The Morgan fingerprint density at radius 3 is 2.83 bits per heavy atom. The summed E-state index contributed by atoms with van der Waals surface area (Å²) in [7, 11) is 1.71. The Morgan fingerprint density at radius 2 is 2.12 bits per heavy atom. The molecule has 0 radical (unpaired) electrons. The van der Waals surface area contributed by atoms with Crippen LogP contribution in [0.5, 0.6) is 0 Å². The summed E-state index contributed by atoms with van der Waals surface area (Å²) in [6.07, 6.45) is 6.91. The number of hydrogen-bond acceptors (Lipinski definition) is 4. The molecule has 0 bridgehead atoms. The van der Waals surface area contributed by atoms with Crippen LogP contribution in [0.2, 0.25) is 0 Å². The number of hydrogen-bond donors (Lipinski definition) is 1. The standard InChI is InChI=1S/C19H22N2O2S/c1-23-18-6-2-5-17(18)21-19(22)15-7-9-16(10-8-15)24-13-14-4-3-11-20-12-14/h3-4,7-12,17-18H,2,5-6,13H2,1H3,(H,21,22)/t17-,18-/m1/s1. The van der Waals surface area contributed by atoms with Crippen molar-refractivity contribution in [3.8, 4) is 0 Å². The summed E-state index contributed by atoms with van der Waals surface area (Å²) in [5.74, 6) is 0.851. The van der Waals surface area contributed by atoms with E-state index in [1.54, 1.807) is 25.1 Å². The number of ether oxygens (including phenoxy) is 1. The van der Waals surface area contributed by atoms with Crippen molar-refractivity contribution in [1.82, 2.24) is 10.3 Å². The molecule has 0 saturated heterocycles. The molecular formula is C19H22N2O2S. The van der Waals surface area contributed by atoms with Gasteiger partial charge in [0.1, 0.15) is 0 Å². The van der Waals surface area contributed by atoms with E-state index in [0.717, 1.165) is 29.9 Å². The molecule has 24 heavy (non-hydrogen) atoms. The van der Waals surface area contributed by atoms with Gasteiger partial charge in [-0.1, -0.05) is 6.07 Å². The highest BCUT2D eigenvalue weighted by Gasteiger charge is 2.28. The summed E-state index contributed by atoms with van der Waals surface area (Å²) in [6, 6.07) is 11.9. The maximum absolute atomic E-state index is 12.4. The number of rotatable bonds is 6. The Bertz CT molecular complexity index is 661. The van der Waals surface area contributed by atoms with Gasteiger partial charge in [0.05, 0.1) is 12.1 Å². The zero-order chi connectivity index (χ0) is 16.8. The van der Waals surface area contributed by atoms with Crippen molar-refractivity contribution in [3.63, 3.8) is 0 Å². The van der Waals surface area contributed by atoms with Gasteiger partial charge in [-0.3, -0.25) is 9.78 Å². The predicted octanol–water partition coefficient (Wildman–Crippen LogP) is 3.67. The molecule has 3 rings (SSSR count). The topological polar surface area (TPSA) is 51.2 Å². The molecular weight excluding hydrogens is 320 g/mol. The number of pyridine rings is 1. The van der Waals surface area contributed by atoms with Gasteiger partial charge in [-0.2, -0.15) is 0 Å². The maximum atomic E-state index is 12.4. The fourth-order valence-corrected chi connectivity index (χ4v) is 3.81. The summed E-state index contributed by atoms with van der Waals surface area (Å²) in [6.45, 7) is 0. The number of aromatic nitrogens is 1. The van der Waals surface area contributed by atoms with E-state index in [2.05, 4.69) is 16.4 Å². The zero-order valence-corrected chi connectivity index (χ0v) is 14.6. The molecule has 1 N–H and O–H groups in total. The smallest absolute Gasteiger partial charge is 0.251 e. The lowest BCUT2D eigenvalue weighted by Gasteiger charge is -2.19. The maximum Gasteiger partial charge on any atom is 0.251 e. The third kappa shape index (κ3) is 4.36. The predicted molar refractivity (Wildman–Crippen MR) is 96.1 cm³/mol. The molecule has 126 valence electrons. The number of nitrogens with zero attached hydrogens (tertiary/aromatic N) is 1. The van der Waals surface area contributed by atoms with Gasteiger partial charge in [0.25, 0.3) is 5.91 Å². The normalized spacial score (nSPS) is 20.0. The average molecular weight is 342 g/mol. The molecule has 5 heteroatoms. The highest BCUT2D eigenvalue weighted by molar-refractivity contribution is 7.98. The van der Waals surface area contributed by atoms with E-state index in [9.17, 15) is 4.79 Å². The molecule has 1 fully saturated rings. The molecule has 0 spiro atoms. The van der Waals surface area contributed by atoms with Crippen LogP contribution in [0.3, 0.4) is 0 Å². The molecule has 0 unspecified atom stereocenters. The van der Waals surface area contributed by atoms with Crippen LogP contribution in [0, 0.1) is 0 Å². The van der Waals surface area contributed by atoms with Crippen LogP contribution < -0.4 is 5.32 Å². The Morgan fingerprint density at radius 1 is 1.29 bits per heavy atom. The third-order valence-electron chi connectivity index (χ3n) is 4.32. The zero-order valence-electron chi connectivity index (χ0n) is 13.8. The molecule has 1 saturated carbocycles. The summed E-state index contributed by atoms with van der Waals surface area (Å²) in [5.41, 5.74) is 1.89. The number of carbonyl (C=O) groups excluding carboxylic acids is 1. The van der Waals surface area contributed by atoms with Gasteiger partial charge in [0.15, 0.2) is 0 Å². The van der Waals surface area contributed by atoms with Gasteiger partial charge < -0.3 is 10.1 Å². The molecule has 2 aromatic rings. The summed E-state index contributed by atoms with van der Waals surface area (Å²) in [4.78, 5) is 17.6. The molecule has 4 nitrogen and oxygen atoms in total. The van der Waals surface area contributed by atoms with Gasteiger partial charge in [-0.25, -0.2) is 0 Å². The van der Waals surface area contributed by atoms with Gasteiger partial charge in [0.2, 0.25) is 0 Å². The average Bonchev–Trinajstić information content (AvgIpc) is 3.08. The van der Waals surface area contributed by atoms with E-state index in [0.29, 0.717) is 5.56 Å². The number of carbonyl (C=O) groups is 1. The second-order valence-corrected chi connectivity index (χ2v) is 7.01. The fraction of sp³-hybridized carbons (Fsp3) is 0.368. The molecule has 2 atom stereocenters. The van der Waals surface area contributed by atoms with Crippen LogP contribution in [0.1, 0.15) is 35.2 Å². The van der Waals surface area contributed by atoms with Crippen molar-refractivity contribution >= 4 is 17.7 Å². The van der Waals surface area contributed by atoms with Crippen LogP contribution in [0.4, 0.5) is 0 Å². The highest BCUT2D eigenvalue weighted by Crippen LogP contribution is 2.24. The van der Waals surface area contributed by atoms with Gasteiger partial charge in [-0.15, -0.1) is 11.8 Å². The second kappa shape index (κ2) is 8.31. The van der Waals surface area contributed by atoms with E-state index < -0.39 is 0 Å². The monoisotopic (exact) mass is 342 g/mol. The lowest BCUT2D eigenvalue weighted by atomic mass is 10.1. The van der Waals surface area contributed by atoms with E-state index in [4.69, 9.17) is 4.74 Å². The first-order valence-electron chi connectivity index (χ1n) is 8.21. The number of benzene rings is 1. The lowest BCUT2D eigenvalue weighted by Crippen LogP contribution is -2.40. The molecule has 1 aliphatic rings. The van der Waals surface area contributed by atoms with Crippen LogP contribution >= 0.6 is 11.8 Å². The van der Waals surface area contributed by atoms with Crippen molar-refractivity contribution in [2.75, 3.05) is 7.11 Å². The van der Waals surface area contributed by atoms with Gasteiger partial charge >= 0.3 is 0 Å². The quantitative estimate of drug-likeness (QED) is 0.814. The van der Waals surface area contributed by atoms with Gasteiger partial charge in [0, 0.05) is 35.7 Å². The highest BCUT2D eigenvalue weighted by atomic mass is 32.2. The summed E-state index contributed by atoms with van der Waals surface area (Å²) in [5, 5.41) is 3.09. The third-order valence-corrected chi connectivity index (χ3v) is 5.40. The lowest BCUT2D eigenvalue weighted by molar-refractivity contribution is 0.0722. The van der Waals surface area contributed by atoms with Crippen molar-refractivity contribution in [1.29, 1.82) is 0 Å². The van der Waals surface area contributed by atoms with Crippen LogP contribution in [-0.2, 0) is 10.5 Å². The Labute approximate surface area is 147 Å². The van der Waals surface area contributed by atoms with Gasteiger partial charge in [-0.05, 0) is 55.2 Å². The minimum Gasteiger partial charge on any atom is -0.379 e. The molecule has 1 aromatic heterocycles. The largest absolute Gasteiger partial charge is 0.379 e. The first-order chi connectivity index (χ1) is 11.8. The van der Waals surface area contributed by atoms with Crippen LogP contribution in [0.25, 0.3) is 0 Å². The SMILES string of the molecule is CO[C@@H]1CCC[C@H]1NC(=O)c1ccc(SCc2cccnc2)cc1. The van der Waals surface area contributed by atoms with Crippen molar-refractivity contribution in [3.05, 3.63) is 59.9 Å². The molecule has 1 heterocycles. The van der Waals surface area contributed by atoms with E-state index in [-0.39, 0.29) is 18.1 Å². The van der Waals surface area contributed by atoms with Crippen LogP contribution in [0.15, 0.2) is 53.7 Å². The first-order valence-corrected chi connectivity index (χ1v) is 9.20. The Balaban J connectivity index is 1.54. The fourth-order valence-electron chi connectivity index (χ4n) is 2.98. The first kappa shape index (κ1) is 17.0. The van der Waals surface area contributed by atoms with E-state index >= 15 is 0 Å². The Hall–Kier alpha value is -1.85. The van der Waals surface area contributed by atoms with E-state index in [1.807, 2.05) is 36.5 Å². The number of methoxy groups -OCH3 is 1. The summed E-state index contributed by atoms with van der Waals surface area (Å²) >= 11 is 1.74. The second-order valence-electron chi connectivity index (χ2n) is 5.96. The molecule has 1 amide bonds. The molecule has 0 aliphatic heterocycles. The molecule has 1 aromatic carbocycles. The number of nitrogens with one attached hydrogen (secondary N) is 1. The van der Waals surface area contributed by atoms with Crippen molar-refractivity contribution < 1.29 is 9.53 Å². The summed E-state index contributed by atoms with van der Waals surface area (Å²) < 4.78 is 5.43.